The van der Waals surface area contributed by atoms with E-state index in [9.17, 15) is 4.79 Å². The van der Waals surface area contributed by atoms with E-state index < -0.39 is 5.97 Å². The van der Waals surface area contributed by atoms with Gasteiger partial charge in [-0.15, -0.1) is 0 Å². The second kappa shape index (κ2) is 2.58. The summed E-state index contributed by atoms with van der Waals surface area (Å²) in [5, 5.41) is 11.6. The molecule has 10 heavy (non-hydrogen) atoms. The van der Waals surface area contributed by atoms with Gasteiger partial charge in [-0.05, 0) is 18.4 Å². The van der Waals surface area contributed by atoms with Crippen LogP contribution in [0.25, 0.3) is 0 Å². The Hall–Kier alpha value is -0.570. The maximum Gasteiger partial charge on any atom is 0.320 e. The Morgan fingerprint density at radius 3 is 2.40 bits per heavy atom. The predicted octanol–water partition coefficient (Wildman–Crippen LogP) is 0.315. The molecule has 2 unspecified atom stereocenters. The van der Waals surface area contributed by atoms with E-state index in [2.05, 4.69) is 12.2 Å². The minimum absolute atomic E-state index is 0.262. The average Bonchev–Trinajstić information content (AvgIpc) is 2.14. The molecule has 0 amide bonds. The lowest BCUT2D eigenvalue weighted by atomic mass is 9.94. The molecule has 0 aromatic carbocycles. The molecule has 58 valence electrons. The summed E-state index contributed by atoms with van der Waals surface area (Å²) in [6, 6.07) is -0.324. The zero-order valence-corrected chi connectivity index (χ0v) is 6.29. The van der Waals surface area contributed by atoms with Gasteiger partial charge in [0, 0.05) is 0 Å². The Morgan fingerprint density at radius 1 is 1.60 bits per heavy atom. The van der Waals surface area contributed by atoms with Crippen molar-refractivity contribution >= 4 is 5.97 Å². The van der Waals surface area contributed by atoms with Crippen LogP contribution in [0.5, 0.6) is 0 Å². The fourth-order valence-corrected chi connectivity index (χ4v) is 1.33. The first-order chi connectivity index (χ1) is 4.63. The van der Waals surface area contributed by atoms with Gasteiger partial charge in [-0.25, -0.2) is 0 Å². The van der Waals surface area contributed by atoms with Gasteiger partial charge in [0.25, 0.3) is 0 Å². The van der Waals surface area contributed by atoms with Crippen molar-refractivity contribution in [3.63, 3.8) is 0 Å². The van der Waals surface area contributed by atoms with Crippen molar-refractivity contribution < 1.29 is 9.90 Å². The second-order valence-corrected chi connectivity index (χ2v) is 3.06. The van der Waals surface area contributed by atoms with Crippen molar-refractivity contribution in [2.45, 2.75) is 19.9 Å². The quantitative estimate of drug-likeness (QED) is 0.555. The summed E-state index contributed by atoms with van der Waals surface area (Å²) in [5.41, 5.74) is 0. The van der Waals surface area contributed by atoms with Gasteiger partial charge >= 0.3 is 5.97 Å². The van der Waals surface area contributed by atoms with Crippen LogP contribution in [-0.4, -0.2) is 23.7 Å². The summed E-state index contributed by atoms with van der Waals surface area (Å²) >= 11 is 0. The highest BCUT2D eigenvalue weighted by atomic mass is 16.4. The van der Waals surface area contributed by atoms with Gasteiger partial charge < -0.3 is 10.4 Å². The molecule has 0 spiro atoms. The Bertz CT molecular complexity index is 147. The maximum absolute atomic E-state index is 10.5. The zero-order valence-electron chi connectivity index (χ0n) is 6.29. The molecule has 0 aliphatic carbocycles. The minimum atomic E-state index is -0.725. The first kappa shape index (κ1) is 7.54. The van der Waals surface area contributed by atoms with Crippen LogP contribution in [0.1, 0.15) is 13.8 Å². The molecule has 0 radical (unpaired) electrons. The van der Waals surface area contributed by atoms with Gasteiger partial charge in [-0.2, -0.15) is 0 Å². The third-order valence-electron chi connectivity index (χ3n) is 2.35. The molecule has 3 nitrogen and oxygen atoms in total. The van der Waals surface area contributed by atoms with Crippen LogP contribution in [0.3, 0.4) is 0 Å². The minimum Gasteiger partial charge on any atom is -0.480 e. The summed E-state index contributed by atoms with van der Waals surface area (Å²) < 4.78 is 0. The van der Waals surface area contributed by atoms with E-state index in [0.29, 0.717) is 5.92 Å². The number of carbonyl (C=O) groups is 1. The van der Waals surface area contributed by atoms with Gasteiger partial charge in [0.15, 0.2) is 0 Å². The standard InChI is InChI=1S/C7H13NO2/c1-4-3-8-6(5(4)2)7(9)10/h4-6,8H,3H2,1-2H3,(H,9,10)/t4?,5?,6-/m0/s1. The smallest absolute Gasteiger partial charge is 0.320 e. The van der Waals surface area contributed by atoms with Gasteiger partial charge in [0.05, 0.1) is 0 Å². The molecule has 0 bridgehead atoms. The van der Waals surface area contributed by atoms with Gasteiger partial charge in [0.1, 0.15) is 6.04 Å². The summed E-state index contributed by atoms with van der Waals surface area (Å²) in [7, 11) is 0. The van der Waals surface area contributed by atoms with Crippen molar-refractivity contribution in [3.05, 3.63) is 0 Å². The summed E-state index contributed by atoms with van der Waals surface area (Å²) in [6.45, 7) is 4.88. The van der Waals surface area contributed by atoms with Crippen molar-refractivity contribution in [3.8, 4) is 0 Å². The lowest BCUT2D eigenvalue weighted by Crippen LogP contribution is -2.34. The highest BCUT2D eigenvalue weighted by Crippen LogP contribution is 2.20. The largest absolute Gasteiger partial charge is 0.480 e. The SMILES string of the molecule is CC1CN[C@H](C(=O)O)C1C. The van der Waals surface area contributed by atoms with Crippen LogP contribution >= 0.6 is 0 Å². The Kier molecular flexibility index (Phi) is 1.94. The van der Waals surface area contributed by atoms with E-state index in [1.807, 2.05) is 6.92 Å². The first-order valence-corrected chi connectivity index (χ1v) is 3.59. The predicted molar refractivity (Wildman–Crippen MR) is 37.8 cm³/mol. The number of hydrogen-bond donors (Lipinski definition) is 2. The second-order valence-electron chi connectivity index (χ2n) is 3.06. The molecule has 3 atom stereocenters. The fraction of sp³-hybridized carbons (Fsp3) is 0.857. The molecule has 1 saturated heterocycles. The normalized spacial score (nSPS) is 40.0. The molecule has 0 aromatic rings. The van der Waals surface area contributed by atoms with Crippen molar-refractivity contribution in [2.24, 2.45) is 11.8 Å². The molecule has 3 heteroatoms. The zero-order chi connectivity index (χ0) is 7.72. The molecule has 2 N–H and O–H groups in total. The van der Waals surface area contributed by atoms with Crippen LogP contribution in [0.15, 0.2) is 0 Å². The molecule has 1 aliphatic heterocycles. The van der Waals surface area contributed by atoms with E-state index in [0.717, 1.165) is 6.54 Å². The lowest BCUT2D eigenvalue weighted by molar-refractivity contribution is -0.140. The number of nitrogens with one attached hydrogen (secondary N) is 1. The first-order valence-electron chi connectivity index (χ1n) is 3.59. The van der Waals surface area contributed by atoms with E-state index in [1.165, 1.54) is 0 Å². The van der Waals surface area contributed by atoms with Gasteiger partial charge in [0.2, 0.25) is 0 Å². The lowest BCUT2D eigenvalue weighted by Gasteiger charge is -2.11. The summed E-state index contributed by atoms with van der Waals surface area (Å²) in [5.74, 6) is 0.0236. The summed E-state index contributed by atoms with van der Waals surface area (Å²) in [4.78, 5) is 10.5. The molecule has 0 saturated carbocycles. The monoisotopic (exact) mass is 143 g/mol. The maximum atomic E-state index is 10.5. The van der Waals surface area contributed by atoms with Crippen LogP contribution in [0.4, 0.5) is 0 Å². The Labute approximate surface area is 60.4 Å². The van der Waals surface area contributed by atoms with Crippen LogP contribution in [-0.2, 0) is 4.79 Å². The molecular weight excluding hydrogens is 130 g/mol. The van der Waals surface area contributed by atoms with E-state index in [-0.39, 0.29) is 12.0 Å². The van der Waals surface area contributed by atoms with E-state index in [4.69, 9.17) is 5.11 Å². The van der Waals surface area contributed by atoms with Crippen LogP contribution < -0.4 is 5.32 Å². The van der Waals surface area contributed by atoms with Crippen LogP contribution in [0.2, 0.25) is 0 Å². The Balaban J connectivity index is 2.57. The van der Waals surface area contributed by atoms with Gasteiger partial charge in [-0.1, -0.05) is 13.8 Å². The topological polar surface area (TPSA) is 49.3 Å². The highest BCUT2D eigenvalue weighted by molar-refractivity contribution is 5.74. The third-order valence-corrected chi connectivity index (χ3v) is 2.35. The molecule has 0 aromatic heterocycles. The van der Waals surface area contributed by atoms with Crippen LogP contribution in [0, 0.1) is 11.8 Å². The van der Waals surface area contributed by atoms with Gasteiger partial charge in [-0.3, -0.25) is 4.79 Å². The fourth-order valence-electron chi connectivity index (χ4n) is 1.33. The molecule has 1 fully saturated rings. The number of aliphatic carboxylic acids is 1. The number of carboxylic acids is 1. The molecule has 1 heterocycles. The third kappa shape index (κ3) is 1.14. The van der Waals surface area contributed by atoms with Crippen molar-refractivity contribution in [1.29, 1.82) is 0 Å². The molecular formula is C7H13NO2. The van der Waals surface area contributed by atoms with Crippen molar-refractivity contribution in [1.82, 2.24) is 5.32 Å². The molecule has 1 aliphatic rings. The van der Waals surface area contributed by atoms with E-state index in [1.54, 1.807) is 0 Å². The number of rotatable bonds is 1. The Morgan fingerprint density at radius 2 is 2.20 bits per heavy atom. The van der Waals surface area contributed by atoms with Crippen molar-refractivity contribution in [2.75, 3.05) is 6.54 Å². The van der Waals surface area contributed by atoms with E-state index >= 15 is 0 Å². The highest BCUT2D eigenvalue weighted by Gasteiger charge is 2.33. The average molecular weight is 143 g/mol. The number of hydrogen-bond acceptors (Lipinski definition) is 2. The molecule has 1 rings (SSSR count). The summed E-state index contributed by atoms with van der Waals surface area (Å²) in [6.07, 6.45) is 0. The number of carboxylic acid groups (broad SMARTS) is 1.